The van der Waals surface area contributed by atoms with Gasteiger partial charge in [-0.05, 0) is 44.2 Å². The van der Waals surface area contributed by atoms with E-state index in [9.17, 15) is 9.90 Å². The Labute approximate surface area is 211 Å². The minimum atomic E-state index is 0.0240. The van der Waals surface area contributed by atoms with Crippen LogP contribution in [0.15, 0.2) is 36.5 Å². The van der Waals surface area contributed by atoms with Gasteiger partial charge in [0.05, 0.1) is 29.6 Å². The molecule has 1 unspecified atom stereocenters. The van der Waals surface area contributed by atoms with Gasteiger partial charge in [0, 0.05) is 44.7 Å². The van der Waals surface area contributed by atoms with Crippen molar-refractivity contribution in [1.29, 1.82) is 0 Å². The van der Waals surface area contributed by atoms with Crippen LogP contribution in [-0.4, -0.2) is 69.4 Å². The average Bonchev–Trinajstić information content (AvgIpc) is 3.30. The van der Waals surface area contributed by atoms with Gasteiger partial charge < -0.3 is 24.5 Å². The largest absolute Gasteiger partial charge is 0.395 e. The highest BCUT2D eigenvalue weighted by atomic mass is 32.2. The quantitative estimate of drug-likeness (QED) is 0.475. The highest BCUT2D eigenvalue weighted by Gasteiger charge is 2.33. The summed E-state index contributed by atoms with van der Waals surface area (Å²) in [5, 5.41) is 13.3. The number of amides is 1. The molecule has 2 aliphatic rings. The molecule has 1 amide bonds. The molecule has 0 saturated carbocycles. The predicted molar refractivity (Wildman–Crippen MR) is 141 cm³/mol. The molecule has 2 aliphatic heterocycles. The van der Waals surface area contributed by atoms with Crippen LogP contribution in [0.4, 0.5) is 5.13 Å². The molecule has 9 heteroatoms. The summed E-state index contributed by atoms with van der Waals surface area (Å²) in [6.45, 7) is 8.64. The molecule has 0 radical (unpaired) electrons. The maximum atomic E-state index is 13.1. The van der Waals surface area contributed by atoms with Crippen molar-refractivity contribution in [3.8, 4) is 0 Å². The van der Waals surface area contributed by atoms with Crippen molar-refractivity contribution in [2.75, 3.05) is 44.6 Å². The molecule has 1 saturated heterocycles. The SMILES string of the molecule is CCN(CC)C(=O)C1CCCN(C2=CN(SCc3ccccc3)Cc3sc(NCCO)nc32)C1. The molecule has 2 aromatic rings. The summed E-state index contributed by atoms with van der Waals surface area (Å²) in [7, 11) is 0. The van der Waals surface area contributed by atoms with Crippen molar-refractivity contribution in [1.82, 2.24) is 19.1 Å². The Kier molecular flexibility index (Phi) is 8.74. The third-order valence-electron chi connectivity index (χ3n) is 6.32. The number of anilines is 1. The van der Waals surface area contributed by atoms with E-state index in [0.717, 1.165) is 67.8 Å². The first-order valence-electron chi connectivity index (χ1n) is 12.2. The number of piperidine rings is 1. The van der Waals surface area contributed by atoms with Crippen molar-refractivity contribution in [3.05, 3.63) is 52.7 Å². The normalized spacial score (nSPS) is 17.9. The van der Waals surface area contributed by atoms with Crippen LogP contribution >= 0.6 is 23.3 Å². The van der Waals surface area contributed by atoms with Gasteiger partial charge in [-0.15, -0.1) is 0 Å². The van der Waals surface area contributed by atoms with E-state index in [-0.39, 0.29) is 18.4 Å². The van der Waals surface area contributed by atoms with Crippen molar-refractivity contribution in [2.45, 2.75) is 39.0 Å². The Morgan fingerprint density at radius 3 is 2.82 bits per heavy atom. The molecule has 2 N–H and O–H groups in total. The molecular weight excluding hydrogens is 466 g/mol. The lowest BCUT2D eigenvalue weighted by Crippen LogP contribution is -2.44. The maximum absolute atomic E-state index is 13.1. The van der Waals surface area contributed by atoms with Gasteiger partial charge in [0.1, 0.15) is 5.69 Å². The van der Waals surface area contributed by atoms with Gasteiger partial charge in [-0.25, -0.2) is 4.98 Å². The smallest absolute Gasteiger partial charge is 0.227 e. The fraction of sp³-hybridized carbons (Fsp3) is 0.520. The van der Waals surface area contributed by atoms with Crippen molar-refractivity contribution in [2.24, 2.45) is 5.92 Å². The number of nitrogens with one attached hydrogen (secondary N) is 1. The van der Waals surface area contributed by atoms with Gasteiger partial charge in [-0.3, -0.25) is 4.79 Å². The molecule has 0 aliphatic carbocycles. The van der Waals surface area contributed by atoms with E-state index in [1.165, 1.54) is 10.4 Å². The molecule has 0 bridgehead atoms. The first kappa shape index (κ1) is 24.9. The first-order chi connectivity index (χ1) is 16.6. The maximum Gasteiger partial charge on any atom is 0.227 e. The number of nitrogens with zero attached hydrogens (tertiary/aromatic N) is 4. The molecule has 1 aromatic carbocycles. The van der Waals surface area contributed by atoms with Crippen LogP contribution in [0.5, 0.6) is 0 Å². The molecule has 1 atom stereocenters. The number of aliphatic hydroxyl groups excluding tert-OH is 1. The third-order valence-corrected chi connectivity index (χ3v) is 8.35. The fourth-order valence-electron chi connectivity index (χ4n) is 4.52. The van der Waals surface area contributed by atoms with E-state index in [2.05, 4.69) is 58.8 Å². The summed E-state index contributed by atoms with van der Waals surface area (Å²) in [5.74, 6) is 1.19. The van der Waals surface area contributed by atoms with E-state index >= 15 is 0 Å². The van der Waals surface area contributed by atoms with Crippen LogP contribution in [-0.2, 0) is 17.1 Å². The lowest BCUT2D eigenvalue weighted by Gasteiger charge is -2.38. The lowest BCUT2D eigenvalue weighted by molar-refractivity contribution is -0.136. The van der Waals surface area contributed by atoms with Crippen molar-refractivity contribution >= 4 is 40.0 Å². The number of likely N-dealkylation sites (tertiary alicyclic amines) is 1. The van der Waals surface area contributed by atoms with Gasteiger partial charge in [-0.1, -0.05) is 41.7 Å². The summed E-state index contributed by atoms with van der Waals surface area (Å²) in [4.78, 5) is 23.5. The highest BCUT2D eigenvalue weighted by Crippen LogP contribution is 2.39. The topological polar surface area (TPSA) is 71.9 Å². The van der Waals surface area contributed by atoms with Crippen LogP contribution in [0.25, 0.3) is 5.70 Å². The molecule has 4 rings (SSSR count). The van der Waals surface area contributed by atoms with Gasteiger partial charge in [0.25, 0.3) is 0 Å². The van der Waals surface area contributed by atoms with Crippen LogP contribution in [0.1, 0.15) is 42.8 Å². The Morgan fingerprint density at radius 1 is 1.29 bits per heavy atom. The zero-order valence-corrected chi connectivity index (χ0v) is 21.7. The second kappa shape index (κ2) is 12.0. The summed E-state index contributed by atoms with van der Waals surface area (Å²) >= 11 is 3.46. The van der Waals surface area contributed by atoms with Gasteiger partial charge >= 0.3 is 0 Å². The van der Waals surface area contributed by atoms with E-state index in [1.807, 2.05) is 11.0 Å². The molecule has 1 aromatic heterocycles. The van der Waals surface area contributed by atoms with Crippen molar-refractivity contribution < 1.29 is 9.90 Å². The van der Waals surface area contributed by atoms with E-state index in [1.54, 1.807) is 23.3 Å². The molecule has 7 nitrogen and oxygen atoms in total. The number of rotatable bonds is 10. The van der Waals surface area contributed by atoms with Crippen LogP contribution in [0, 0.1) is 5.92 Å². The fourth-order valence-corrected chi connectivity index (χ4v) is 6.50. The molecular formula is C25H35N5O2S2. The minimum Gasteiger partial charge on any atom is -0.395 e. The van der Waals surface area contributed by atoms with E-state index in [4.69, 9.17) is 4.98 Å². The predicted octanol–water partition coefficient (Wildman–Crippen LogP) is 4.09. The number of carbonyl (C=O) groups is 1. The van der Waals surface area contributed by atoms with E-state index < -0.39 is 0 Å². The third kappa shape index (κ3) is 5.87. The van der Waals surface area contributed by atoms with Gasteiger partial charge in [-0.2, -0.15) is 0 Å². The Balaban J connectivity index is 1.55. The molecule has 184 valence electrons. The minimum absolute atomic E-state index is 0.0240. The number of thiazole rings is 1. The molecule has 34 heavy (non-hydrogen) atoms. The summed E-state index contributed by atoms with van der Waals surface area (Å²) < 4.78 is 2.30. The molecule has 3 heterocycles. The second-order valence-electron chi connectivity index (χ2n) is 8.59. The Hall–Kier alpha value is -2.23. The monoisotopic (exact) mass is 501 g/mol. The second-order valence-corrected chi connectivity index (χ2v) is 10.7. The standard InChI is InChI=1S/C25H35N5O2S2/c1-3-28(4-2)24(32)20-11-8-13-29(15-20)21-16-30(33-18-19-9-6-5-7-10-19)17-22-23(21)27-25(34-22)26-12-14-31/h5-7,9-10,16,20,31H,3-4,8,11-15,17-18H2,1-2H3,(H,26,27). The Bertz CT molecular complexity index is 977. The molecule has 1 fully saturated rings. The number of hydrogen-bond acceptors (Lipinski definition) is 8. The summed E-state index contributed by atoms with van der Waals surface area (Å²) in [6.07, 6.45) is 4.16. The number of fused-ring (bicyclic) bond motifs is 1. The number of carbonyl (C=O) groups excluding carboxylic acids is 1. The lowest BCUT2D eigenvalue weighted by atomic mass is 9.95. The number of benzene rings is 1. The molecule has 0 spiro atoms. The highest BCUT2D eigenvalue weighted by molar-refractivity contribution is 7.96. The zero-order valence-electron chi connectivity index (χ0n) is 20.1. The first-order valence-corrected chi connectivity index (χ1v) is 13.9. The summed E-state index contributed by atoms with van der Waals surface area (Å²) in [6, 6.07) is 10.5. The Morgan fingerprint density at radius 2 is 2.09 bits per heavy atom. The van der Waals surface area contributed by atoms with Gasteiger partial charge in [0.15, 0.2) is 5.13 Å². The number of aliphatic hydroxyl groups is 1. The van der Waals surface area contributed by atoms with Gasteiger partial charge in [0.2, 0.25) is 5.91 Å². The number of aromatic nitrogens is 1. The van der Waals surface area contributed by atoms with Crippen LogP contribution in [0.3, 0.4) is 0 Å². The number of hydrogen-bond donors (Lipinski definition) is 2. The van der Waals surface area contributed by atoms with Crippen molar-refractivity contribution in [3.63, 3.8) is 0 Å². The average molecular weight is 502 g/mol. The van der Waals surface area contributed by atoms with Crippen LogP contribution in [0.2, 0.25) is 0 Å². The summed E-state index contributed by atoms with van der Waals surface area (Å²) in [5.41, 5.74) is 3.41. The van der Waals surface area contributed by atoms with Crippen LogP contribution < -0.4 is 5.32 Å². The zero-order chi connectivity index (χ0) is 23.9. The van der Waals surface area contributed by atoms with E-state index in [0.29, 0.717) is 6.54 Å².